The van der Waals surface area contributed by atoms with Gasteiger partial charge in [0.2, 0.25) is 5.91 Å². The molecule has 0 radical (unpaired) electrons. The minimum Gasteiger partial charge on any atom is -0.352 e. The standard InChI is InChI=1S/C16H24N4O2/c1-12(2)19-15(21)11-18-16(22)20-9-6-13(7-10-20)14-5-3-4-8-17-14/h3-5,8,12-13H,6-7,9-11H2,1-2H3,(H,18,22)(H,19,21). The first-order chi connectivity index (χ1) is 10.6. The van der Waals surface area contributed by atoms with Crippen molar-refractivity contribution in [3.05, 3.63) is 30.1 Å². The predicted octanol–water partition coefficient (Wildman–Crippen LogP) is 1.50. The summed E-state index contributed by atoms with van der Waals surface area (Å²) in [5.74, 6) is 0.251. The van der Waals surface area contributed by atoms with E-state index in [9.17, 15) is 9.59 Å². The number of hydrogen-bond donors (Lipinski definition) is 2. The molecule has 1 fully saturated rings. The summed E-state index contributed by atoms with van der Waals surface area (Å²) in [5.41, 5.74) is 1.10. The summed E-state index contributed by atoms with van der Waals surface area (Å²) in [4.78, 5) is 29.7. The van der Waals surface area contributed by atoms with Crippen molar-refractivity contribution in [1.82, 2.24) is 20.5 Å². The first kappa shape index (κ1) is 16.3. The molecule has 2 rings (SSSR count). The predicted molar refractivity (Wildman–Crippen MR) is 84.5 cm³/mol. The third kappa shape index (κ3) is 4.72. The monoisotopic (exact) mass is 304 g/mol. The zero-order valence-corrected chi connectivity index (χ0v) is 13.2. The second-order valence-electron chi connectivity index (χ2n) is 5.90. The molecule has 2 N–H and O–H groups in total. The van der Waals surface area contributed by atoms with E-state index in [0.717, 1.165) is 18.5 Å². The number of hydrogen-bond acceptors (Lipinski definition) is 3. The maximum absolute atomic E-state index is 12.1. The Kier molecular flexibility index (Phi) is 5.75. The molecule has 0 saturated carbocycles. The van der Waals surface area contributed by atoms with Crippen LogP contribution in [0.4, 0.5) is 4.79 Å². The summed E-state index contributed by atoms with van der Waals surface area (Å²) < 4.78 is 0. The Morgan fingerprint density at radius 2 is 2.05 bits per heavy atom. The van der Waals surface area contributed by atoms with Gasteiger partial charge in [0.25, 0.3) is 0 Å². The van der Waals surface area contributed by atoms with E-state index in [-0.39, 0.29) is 24.5 Å². The number of aromatic nitrogens is 1. The Balaban J connectivity index is 1.74. The van der Waals surface area contributed by atoms with Crippen LogP contribution in [0.2, 0.25) is 0 Å². The van der Waals surface area contributed by atoms with Crippen LogP contribution in [0.1, 0.15) is 38.3 Å². The van der Waals surface area contributed by atoms with Crippen molar-refractivity contribution in [2.24, 2.45) is 0 Å². The van der Waals surface area contributed by atoms with E-state index in [0.29, 0.717) is 19.0 Å². The van der Waals surface area contributed by atoms with Crippen LogP contribution in [0.5, 0.6) is 0 Å². The van der Waals surface area contributed by atoms with Crippen molar-refractivity contribution in [3.63, 3.8) is 0 Å². The lowest BCUT2D eigenvalue weighted by Gasteiger charge is -2.31. The second-order valence-corrected chi connectivity index (χ2v) is 5.90. The molecule has 0 spiro atoms. The summed E-state index contributed by atoms with van der Waals surface area (Å²) in [6.07, 6.45) is 3.62. The van der Waals surface area contributed by atoms with Crippen LogP contribution < -0.4 is 10.6 Å². The zero-order valence-electron chi connectivity index (χ0n) is 13.2. The summed E-state index contributed by atoms with van der Waals surface area (Å²) in [5, 5.41) is 5.42. The molecule has 0 bridgehead atoms. The van der Waals surface area contributed by atoms with Crippen LogP contribution in [-0.2, 0) is 4.79 Å². The second kappa shape index (κ2) is 7.77. The van der Waals surface area contributed by atoms with Crippen molar-refractivity contribution < 1.29 is 9.59 Å². The SMILES string of the molecule is CC(C)NC(=O)CNC(=O)N1CCC(c2ccccn2)CC1. The molecule has 1 aromatic heterocycles. The van der Waals surface area contributed by atoms with Crippen LogP contribution in [-0.4, -0.2) is 47.5 Å². The lowest BCUT2D eigenvalue weighted by molar-refractivity contribution is -0.120. The Bertz CT molecular complexity index is 496. The molecule has 22 heavy (non-hydrogen) atoms. The number of carbonyl (C=O) groups excluding carboxylic acids is 2. The van der Waals surface area contributed by atoms with Crippen LogP contribution in [0.15, 0.2) is 24.4 Å². The average molecular weight is 304 g/mol. The molecule has 0 aromatic carbocycles. The normalized spacial score (nSPS) is 15.7. The maximum Gasteiger partial charge on any atom is 0.317 e. The van der Waals surface area contributed by atoms with Crippen molar-refractivity contribution in [3.8, 4) is 0 Å². The van der Waals surface area contributed by atoms with Gasteiger partial charge in [-0.3, -0.25) is 9.78 Å². The molecule has 6 heteroatoms. The van der Waals surface area contributed by atoms with Crippen molar-refractivity contribution in [1.29, 1.82) is 0 Å². The average Bonchev–Trinajstić information content (AvgIpc) is 2.53. The molecular weight excluding hydrogens is 280 g/mol. The van der Waals surface area contributed by atoms with E-state index >= 15 is 0 Å². The maximum atomic E-state index is 12.1. The summed E-state index contributed by atoms with van der Waals surface area (Å²) >= 11 is 0. The third-order valence-corrected chi connectivity index (χ3v) is 3.74. The Labute approximate surface area is 131 Å². The number of nitrogens with zero attached hydrogens (tertiary/aromatic N) is 2. The highest BCUT2D eigenvalue weighted by Crippen LogP contribution is 2.26. The van der Waals surface area contributed by atoms with Gasteiger partial charge in [-0.15, -0.1) is 0 Å². The highest BCUT2D eigenvalue weighted by Gasteiger charge is 2.24. The fourth-order valence-corrected chi connectivity index (χ4v) is 2.64. The van der Waals surface area contributed by atoms with E-state index < -0.39 is 0 Å². The molecule has 0 atom stereocenters. The third-order valence-electron chi connectivity index (χ3n) is 3.74. The number of likely N-dealkylation sites (tertiary alicyclic amines) is 1. The number of carbonyl (C=O) groups is 2. The zero-order chi connectivity index (χ0) is 15.9. The highest BCUT2D eigenvalue weighted by atomic mass is 16.2. The summed E-state index contributed by atoms with van der Waals surface area (Å²) in [6, 6.07) is 5.86. The molecule has 6 nitrogen and oxygen atoms in total. The number of rotatable bonds is 4. The number of urea groups is 1. The molecule has 1 aromatic rings. The minimum atomic E-state index is -0.168. The number of pyridine rings is 1. The van der Waals surface area contributed by atoms with Gasteiger partial charge >= 0.3 is 6.03 Å². The van der Waals surface area contributed by atoms with Gasteiger partial charge in [-0.1, -0.05) is 6.07 Å². The highest BCUT2D eigenvalue weighted by molar-refractivity contribution is 5.84. The van der Waals surface area contributed by atoms with E-state index in [2.05, 4.69) is 15.6 Å². The van der Waals surface area contributed by atoms with Crippen LogP contribution in [0.25, 0.3) is 0 Å². The van der Waals surface area contributed by atoms with Gasteiger partial charge < -0.3 is 15.5 Å². The van der Waals surface area contributed by atoms with Crippen LogP contribution in [0, 0.1) is 0 Å². The molecular formula is C16H24N4O2. The quantitative estimate of drug-likeness (QED) is 0.885. The largest absolute Gasteiger partial charge is 0.352 e. The van der Waals surface area contributed by atoms with Crippen molar-refractivity contribution in [2.45, 2.75) is 38.6 Å². The van der Waals surface area contributed by atoms with Gasteiger partial charge in [-0.25, -0.2) is 4.79 Å². The van der Waals surface area contributed by atoms with Gasteiger partial charge in [0.1, 0.15) is 0 Å². The molecule has 2 heterocycles. The summed E-state index contributed by atoms with van der Waals surface area (Å²) in [7, 11) is 0. The van der Waals surface area contributed by atoms with Gasteiger partial charge in [0, 0.05) is 36.9 Å². The minimum absolute atomic E-state index is 0.0250. The van der Waals surface area contributed by atoms with Crippen LogP contribution >= 0.6 is 0 Å². The topological polar surface area (TPSA) is 74.3 Å². The van der Waals surface area contributed by atoms with E-state index in [1.54, 1.807) is 4.90 Å². The molecule has 1 aliphatic heterocycles. The molecule has 3 amide bonds. The van der Waals surface area contributed by atoms with Gasteiger partial charge in [-0.2, -0.15) is 0 Å². The Hall–Kier alpha value is -2.11. The Morgan fingerprint density at radius 1 is 1.32 bits per heavy atom. The molecule has 120 valence electrons. The van der Waals surface area contributed by atoms with E-state index in [1.807, 2.05) is 38.2 Å². The smallest absolute Gasteiger partial charge is 0.317 e. The molecule has 0 unspecified atom stereocenters. The van der Waals surface area contributed by atoms with Crippen LogP contribution in [0.3, 0.4) is 0 Å². The molecule has 0 aliphatic carbocycles. The summed E-state index contributed by atoms with van der Waals surface area (Å²) in [6.45, 7) is 5.19. The fourth-order valence-electron chi connectivity index (χ4n) is 2.64. The number of nitrogens with one attached hydrogen (secondary N) is 2. The van der Waals surface area contributed by atoms with Gasteiger partial charge in [0.05, 0.1) is 6.54 Å². The van der Waals surface area contributed by atoms with Crippen molar-refractivity contribution >= 4 is 11.9 Å². The first-order valence-corrected chi connectivity index (χ1v) is 7.79. The molecule has 1 aliphatic rings. The lowest BCUT2D eigenvalue weighted by atomic mass is 9.93. The van der Waals surface area contributed by atoms with Gasteiger partial charge in [0.15, 0.2) is 0 Å². The number of amides is 3. The number of piperidine rings is 1. The fraction of sp³-hybridized carbons (Fsp3) is 0.562. The first-order valence-electron chi connectivity index (χ1n) is 7.79. The lowest BCUT2D eigenvalue weighted by Crippen LogP contribution is -2.47. The van der Waals surface area contributed by atoms with Gasteiger partial charge in [-0.05, 0) is 38.8 Å². The Morgan fingerprint density at radius 3 is 2.64 bits per heavy atom. The van der Waals surface area contributed by atoms with E-state index in [1.165, 1.54) is 0 Å². The van der Waals surface area contributed by atoms with Crippen molar-refractivity contribution in [2.75, 3.05) is 19.6 Å². The van der Waals surface area contributed by atoms with E-state index in [4.69, 9.17) is 0 Å². The molecule has 1 saturated heterocycles.